The minimum atomic E-state index is -1.62. The van der Waals surface area contributed by atoms with Crippen LogP contribution < -0.4 is 0 Å². The van der Waals surface area contributed by atoms with Crippen molar-refractivity contribution in [1.29, 1.82) is 0 Å². The number of aliphatic hydroxyl groups is 1. The van der Waals surface area contributed by atoms with Gasteiger partial charge in [-0.05, 0) is 19.1 Å². The monoisotopic (exact) mass is 225 g/mol. The van der Waals surface area contributed by atoms with E-state index in [-0.39, 0.29) is 13.2 Å². The molecule has 5 nitrogen and oxygen atoms in total. The zero-order valence-electron chi connectivity index (χ0n) is 9.34. The number of methoxy groups -OCH3 is 1. The molecule has 0 radical (unpaired) electrons. The summed E-state index contributed by atoms with van der Waals surface area (Å²) >= 11 is 0. The second-order valence-corrected chi connectivity index (χ2v) is 3.58. The highest BCUT2D eigenvalue weighted by Crippen LogP contribution is 2.07. The van der Waals surface area contributed by atoms with E-state index in [1.165, 1.54) is 14.0 Å². The summed E-state index contributed by atoms with van der Waals surface area (Å²) in [6, 6.07) is 5.44. The minimum absolute atomic E-state index is 0.129. The van der Waals surface area contributed by atoms with Gasteiger partial charge in [-0.1, -0.05) is 6.07 Å². The van der Waals surface area contributed by atoms with E-state index >= 15 is 0 Å². The Hall–Kier alpha value is -1.46. The topological polar surface area (TPSA) is 68.7 Å². The van der Waals surface area contributed by atoms with Crippen LogP contribution in [0.3, 0.4) is 0 Å². The molecule has 1 aromatic rings. The lowest BCUT2D eigenvalue weighted by atomic mass is 10.1. The van der Waals surface area contributed by atoms with E-state index in [1.54, 1.807) is 18.3 Å². The number of ether oxygens (including phenoxy) is 2. The van der Waals surface area contributed by atoms with Crippen molar-refractivity contribution in [3.63, 3.8) is 0 Å². The number of esters is 1. The molecule has 0 aliphatic rings. The second kappa shape index (κ2) is 5.58. The molecule has 0 aromatic carbocycles. The minimum Gasteiger partial charge on any atom is -0.467 e. The number of hydrogen-bond donors (Lipinski definition) is 1. The number of carbonyl (C=O) groups is 1. The normalized spacial score (nSPS) is 14.2. The van der Waals surface area contributed by atoms with Crippen LogP contribution in [0.5, 0.6) is 0 Å². The van der Waals surface area contributed by atoms with Crippen molar-refractivity contribution in [3.05, 3.63) is 30.1 Å². The summed E-state index contributed by atoms with van der Waals surface area (Å²) in [4.78, 5) is 15.1. The molecule has 0 bridgehead atoms. The molecule has 0 aliphatic carbocycles. The van der Waals surface area contributed by atoms with Crippen LogP contribution >= 0.6 is 0 Å². The van der Waals surface area contributed by atoms with Crippen LogP contribution in [0.15, 0.2) is 24.4 Å². The van der Waals surface area contributed by atoms with Crippen LogP contribution in [0.4, 0.5) is 0 Å². The maximum Gasteiger partial charge on any atom is 0.339 e. The first-order valence-electron chi connectivity index (χ1n) is 4.85. The summed E-state index contributed by atoms with van der Waals surface area (Å²) in [6.07, 6.45) is 1.65. The largest absolute Gasteiger partial charge is 0.467 e. The predicted octanol–water partition coefficient (Wildman–Crippen LogP) is 0.522. The van der Waals surface area contributed by atoms with Gasteiger partial charge in [-0.3, -0.25) is 4.98 Å². The highest BCUT2D eigenvalue weighted by Gasteiger charge is 2.31. The molecule has 16 heavy (non-hydrogen) atoms. The van der Waals surface area contributed by atoms with Crippen molar-refractivity contribution >= 4 is 5.97 Å². The number of pyridine rings is 1. The lowest BCUT2D eigenvalue weighted by Crippen LogP contribution is -2.40. The van der Waals surface area contributed by atoms with Crippen LogP contribution in [0, 0.1) is 0 Å². The highest BCUT2D eigenvalue weighted by molar-refractivity contribution is 5.78. The molecular formula is C11H15NO4. The van der Waals surface area contributed by atoms with E-state index in [0.29, 0.717) is 0 Å². The summed E-state index contributed by atoms with van der Waals surface area (Å²) in [5.74, 6) is -0.714. The molecule has 1 atom stereocenters. The lowest BCUT2D eigenvalue weighted by Gasteiger charge is -2.19. The third-order valence-corrected chi connectivity index (χ3v) is 1.98. The van der Waals surface area contributed by atoms with Crippen molar-refractivity contribution in [3.8, 4) is 0 Å². The molecular weight excluding hydrogens is 210 g/mol. The molecule has 1 aromatic heterocycles. The molecule has 0 fully saturated rings. The Morgan fingerprint density at radius 3 is 2.88 bits per heavy atom. The predicted molar refractivity (Wildman–Crippen MR) is 56.5 cm³/mol. The standard InChI is InChI=1S/C11H15NO4/c1-11(14,10(13)15-2)8-16-7-9-5-3-4-6-12-9/h3-6,14H,7-8H2,1-2H3. The Balaban J connectivity index is 2.38. The molecule has 1 rings (SSSR count). The number of aromatic nitrogens is 1. The fourth-order valence-electron chi connectivity index (χ4n) is 1.12. The first kappa shape index (κ1) is 12.6. The molecule has 88 valence electrons. The quantitative estimate of drug-likeness (QED) is 0.740. The van der Waals surface area contributed by atoms with Gasteiger partial charge in [-0.2, -0.15) is 0 Å². The fraction of sp³-hybridized carbons (Fsp3) is 0.455. The van der Waals surface area contributed by atoms with Gasteiger partial charge in [0.2, 0.25) is 0 Å². The van der Waals surface area contributed by atoms with Gasteiger partial charge in [0.05, 0.1) is 26.0 Å². The van der Waals surface area contributed by atoms with Crippen molar-refractivity contribution in [2.45, 2.75) is 19.1 Å². The van der Waals surface area contributed by atoms with Crippen LogP contribution in [0.25, 0.3) is 0 Å². The Morgan fingerprint density at radius 2 is 2.31 bits per heavy atom. The third kappa shape index (κ3) is 3.60. The Bertz CT molecular complexity index is 337. The van der Waals surface area contributed by atoms with Gasteiger partial charge >= 0.3 is 5.97 Å². The van der Waals surface area contributed by atoms with Gasteiger partial charge < -0.3 is 14.6 Å². The molecule has 1 unspecified atom stereocenters. The molecule has 0 saturated carbocycles. The van der Waals surface area contributed by atoms with Crippen LogP contribution in [0.1, 0.15) is 12.6 Å². The summed E-state index contributed by atoms with van der Waals surface area (Å²) in [5.41, 5.74) is -0.882. The van der Waals surface area contributed by atoms with Gasteiger partial charge in [0.15, 0.2) is 5.60 Å². The lowest BCUT2D eigenvalue weighted by molar-refractivity contribution is -0.167. The van der Waals surface area contributed by atoms with E-state index in [4.69, 9.17) is 4.74 Å². The third-order valence-electron chi connectivity index (χ3n) is 1.98. The fourth-order valence-corrected chi connectivity index (χ4v) is 1.12. The van der Waals surface area contributed by atoms with Crippen LogP contribution in [0.2, 0.25) is 0 Å². The van der Waals surface area contributed by atoms with E-state index in [2.05, 4.69) is 9.72 Å². The number of carbonyl (C=O) groups excluding carboxylic acids is 1. The van der Waals surface area contributed by atoms with Gasteiger partial charge in [0, 0.05) is 6.20 Å². The van der Waals surface area contributed by atoms with Gasteiger partial charge in [0.25, 0.3) is 0 Å². The van der Waals surface area contributed by atoms with E-state index in [0.717, 1.165) is 5.69 Å². The number of rotatable bonds is 5. The van der Waals surface area contributed by atoms with Crippen LogP contribution in [-0.2, 0) is 20.9 Å². The maximum absolute atomic E-state index is 11.1. The smallest absolute Gasteiger partial charge is 0.339 e. The summed E-state index contributed by atoms with van der Waals surface area (Å²) < 4.78 is 9.63. The van der Waals surface area contributed by atoms with Crippen molar-refractivity contribution in [2.24, 2.45) is 0 Å². The molecule has 0 aliphatic heterocycles. The van der Waals surface area contributed by atoms with Gasteiger partial charge in [0.1, 0.15) is 0 Å². The van der Waals surface area contributed by atoms with Gasteiger partial charge in [-0.15, -0.1) is 0 Å². The average molecular weight is 225 g/mol. The zero-order chi connectivity index (χ0) is 12.0. The Labute approximate surface area is 94.0 Å². The molecule has 0 amide bonds. The molecule has 0 spiro atoms. The van der Waals surface area contributed by atoms with E-state index in [1.807, 2.05) is 6.07 Å². The summed E-state index contributed by atoms with van der Waals surface area (Å²) in [6.45, 7) is 1.46. The SMILES string of the molecule is COC(=O)C(C)(O)COCc1ccccn1. The first-order chi connectivity index (χ1) is 7.56. The average Bonchev–Trinajstić information content (AvgIpc) is 2.29. The van der Waals surface area contributed by atoms with E-state index < -0.39 is 11.6 Å². The number of nitrogens with zero attached hydrogens (tertiary/aromatic N) is 1. The van der Waals surface area contributed by atoms with E-state index in [9.17, 15) is 9.90 Å². The first-order valence-corrected chi connectivity index (χ1v) is 4.85. The van der Waals surface area contributed by atoms with Crippen molar-refractivity contribution in [2.75, 3.05) is 13.7 Å². The second-order valence-electron chi connectivity index (χ2n) is 3.58. The maximum atomic E-state index is 11.1. The molecule has 1 heterocycles. The Morgan fingerprint density at radius 1 is 1.56 bits per heavy atom. The summed E-state index contributed by atoms with van der Waals surface area (Å²) in [5, 5.41) is 9.64. The summed E-state index contributed by atoms with van der Waals surface area (Å²) in [7, 11) is 1.22. The van der Waals surface area contributed by atoms with Crippen LogP contribution in [-0.4, -0.2) is 35.4 Å². The van der Waals surface area contributed by atoms with Crippen molar-refractivity contribution in [1.82, 2.24) is 4.98 Å². The molecule has 0 saturated heterocycles. The Kier molecular flexibility index (Phi) is 4.39. The zero-order valence-corrected chi connectivity index (χ0v) is 9.34. The number of hydrogen-bond acceptors (Lipinski definition) is 5. The van der Waals surface area contributed by atoms with Gasteiger partial charge in [-0.25, -0.2) is 4.79 Å². The van der Waals surface area contributed by atoms with Crippen molar-refractivity contribution < 1.29 is 19.4 Å². The molecule has 5 heteroatoms. The molecule has 1 N–H and O–H groups in total. The highest BCUT2D eigenvalue weighted by atomic mass is 16.6.